The van der Waals surface area contributed by atoms with Crippen molar-refractivity contribution >= 4 is 0 Å². The van der Waals surface area contributed by atoms with Crippen molar-refractivity contribution in [2.24, 2.45) is 0 Å². The van der Waals surface area contributed by atoms with Gasteiger partial charge in [0.25, 0.3) is 0 Å². The van der Waals surface area contributed by atoms with Gasteiger partial charge < -0.3 is 14.2 Å². The van der Waals surface area contributed by atoms with Gasteiger partial charge in [0.15, 0.2) is 6.29 Å². The second-order valence-electron chi connectivity index (χ2n) is 2.64. The lowest BCUT2D eigenvalue weighted by atomic mass is 10.3. The molecule has 78 valence electrons. The Bertz CT molecular complexity index is 119. The minimum atomic E-state index is -0.241. The minimum Gasteiger partial charge on any atom is -0.376 e. The van der Waals surface area contributed by atoms with E-state index in [0.717, 1.165) is 19.4 Å². The van der Waals surface area contributed by atoms with Crippen molar-refractivity contribution in [3.8, 4) is 0 Å². The molecular weight excluding hydrogens is 168 g/mol. The number of hydrogen-bond donors (Lipinski definition) is 0. The summed E-state index contributed by atoms with van der Waals surface area (Å²) in [5.41, 5.74) is 0. The molecule has 0 aromatic heterocycles. The number of rotatable bonds is 8. The van der Waals surface area contributed by atoms with Crippen molar-refractivity contribution in [3.05, 3.63) is 12.2 Å². The Kier molecular flexibility index (Phi) is 9.42. The molecule has 13 heavy (non-hydrogen) atoms. The van der Waals surface area contributed by atoms with Crippen molar-refractivity contribution in [2.45, 2.75) is 26.1 Å². The smallest absolute Gasteiger partial charge is 0.180 e. The summed E-state index contributed by atoms with van der Waals surface area (Å²) in [7, 11) is 3.21. The van der Waals surface area contributed by atoms with E-state index < -0.39 is 0 Å². The first-order chi connectivity index (χ1) is 6.35. The highest BCUT2D eigenvalue weighted by Crippen LogP contribution is 1.94. The van der Waals surface area contributed by atoms with Crippen LogP contribution in [0.5, 0.6) is 0 Å². The third-order valence-electron chi connectivity index (χ3n) is 1.61. The fourth-order valence-electron chi connectivity index (χ4n) is 0.848. The van der Waals surface area contributed by atoms with Crippen LogP contribution >= 0.6 is 0 Å². The molecule has 0 saturated carbocycles. The van der Waals surface area contributed by atoms with Crippen LogP contribution in [-0.2, 0) is 14.2 Å². The molecule has 3 nitrogen and oxygen atoms in total. The zero-order chi connectivity index (χ0) is 9.94. The molecule has 0 N–H and O–H groups in total. The molecule has 3 heteroatoms. The number of ether oxygens (including phenoxy) is 3. The largest absolute Gasteiger partial charge is 0.376 e. The second-order valence-corrected chi connectivity index (χ2v) is 2.64. The Balaban J connectivity index is 3.19. The quantitative estimate of drug-likeness (QED) is 0.331. The molecule has 0 rings (SSSR count). The van der Waals surface area contributed by atoms with Crippen molar-refractivity contribution in [3.63, 3.8) is 0 Å². The Hall–Kier alpha value is -0.380. The Morgan fingerprint density at radius 3 is 2.38 bits per heavy atom. The van der Waals surface area contributed by atoms with E-state index in [-0.39, 0.29) is 6.29 Å². The van der Waals surface area contributed by atoms with E-state index in [0.29, 0.717) is 6.61 Å². The molecule has 0 unspecified atom stereocenters. The fourth-order valence-corrected chi connectivity index (χ4v) is 0.848. The van der Waals surface area contributed by atoms with E-state index in [4.69, 9.17) is 14.2 Å². The second kappa shape index (κ2) is 9.71. The zero-order valence-corrected chi connectivity index (χ0v) is 8.79. The molecule has 0 spiro atoms. The van der Waals surface area contributed by atoms with Gasteiger partial charge in [-0.1, -0.05) is 19.1 Å². The molecule has 0 saturated heterocycles. The van der Waals surface area contributed by atoms with Gasteiger partial charge >= 0.3 is 0 Å². The van der Waals surface area contributed by atoms with Crippen molar-refractivity contribution < 1.29 is 14.2 Å². The first-order valence-corrected chi connectivity index (χ1v) is 4.63. The van der Waals surface area contributed by atoms with Gasteiger partial charge in [-0.15, -0.1) is 0 Å². The van der Waals surface area contributed by atoms with Crippen LogP contribution in [0.1, 0.15) is 19.8 Å². The number of allylic oxidation sites excluding steroid dienone is 1. The van der Waals surface area contributed by atoms with Crippen molar-refractivity contribution in [1.29, 1.82) is 0 Å². The Labute approximate surface area is 80.7 Å². The highest BCUT2D eigenvalue weighted by atomic mass is 16.7. The monoisotopic (exact) mass is 188 g/mol. The molecule has 0 aliphatic carbocycles. The van der Waals surface area contributed by atoms with Crippen LogP contribution in [0, 0.1) is 0 Å². The molecule has 0 aromatic carbocycles. The summed E-state index contributed by atoms with van der Waals surface area (Å²) in [5.74, 6) is 0. The number of methoxy groups -OCH3 is 2. The van der Waals surface area contributed by atoms with Gasteiger partial charge in [-0.2, -0.15) is 0 Å². The van der Waals surface area contributed by atoms with E-state index in [1.807, 2.05) is 0 Å². The molecule has 0 atom stereocenters. The van der Waals surface area contributed by atoms with Crippen LogP contribution in [0.15, 0.2) is 12.2 Å². The lowest BCUT2D eigenvalue weighted by molar-refractivity contribution is -0.139. The topological polar surface area (TPSA) is 27.7 Å². The normalized spacial score (nSPS) is 11.7. The summed E-state index contributed by atoms with van der Waals surface area (Å²) >= 11 is 0. The lowest BCUT2D eigenvalue weighted by Crippen LogP contribution is -2.20. The average molecular weight is 188 g/mol. The van der Waals surface area contributed by atoms with Crippen molar-refractivity contribution in [2.75, 3.05) is 27.4 Å². The van der Waals surface area contributed by atoms with Gasteiger partial charge in [-0.05, 0) is 12.8 Å². The average Bonchev–Trinajstić information content (AvgIpc) is 2.17. The third kappa shape index (κ3) is 7.96. The Morgan fingerprint density at radius 2 is 1.85 bits per heavy atom. The van der Waals surface area contributed by atoms with Gasteiger partial charge in [0.2, 0.25) is 0 Å². The van der Waals surface area contributed by atoms with E-state index in [9.17, 15) is 0 Å². The summed E-state index contributed by atoms with van der Waals surface area (Å²) in [4.78, 5) is 0. The maximum Gasteiger partial charge on any atom is 0.180 e. The van der Waals surface area contributed by atoms with Gasteiger partial charge in [0.05, 0.1) is 13.2 Å². The summed E-state index contributed by atoms with van der Waals surface area (Å²) < 4.78 is 15.2. The van der Waals surface area contributed by atoms with E-state index >= 15 is 0 Å². The molecule has 0 amide bonds. The predicted molar refractivity (Wildman–Crippen MR) is 52.7 cm³/mol. The highest BCUT2D eigenvalue weighted by Gasteiger charge is 2.02. The van der Waals surface area contributed by atoms with Gasteiger partial charge in [-0.3, -0.25) is 0 Å². The predicted octanol–water partition coefficient (Wildman–Crippen LogP) is 1.98. The molecular formula is C10H20O3. The Morgan fingerprint density at radius 1 is 1.15 bits per heavy atom. The summed E-state index contributed by atoms with van der Waals surface area (Å²) in [5, 5.41) is 0. The first-order valence-electron chi connectivity index (χ1n) is 4.63. The zero-order valence-electron chi connectivity index (χ0n) is 8.79. The highest BCUT2D eigenvalue weighted by molar-refractivity contribution is 4.79. The van der Waals surface area contributed by atoms with E-state index in [1.54, 1.807) is 14.2 Å². The van der Waals surface area contributed by atoms with Crippen LogP contribution < -0.4 is 0 Å². The summed E-state index contributed by atoms with van der Waals surface area (Å²) in [6.07, 6.45) is 6.05. The van der Waals surface area contributed by atoms with Crippen LogP contribution in [0.4, 0.5) is 0 Å². The first kappa shape index (κ1) is 12.6. The molecule has 0 aromatic rings. The third-order valence-corrected chi connectivity index (χ3v) is 1.61. The van der Waals surface area contributed by atoms with E-state index in [1.165, 1.54) is 0 Å². The lowest BCUT2D eigenvalue weighted by Gasteiger charge is -2.12. The van der Waals surface area contributed by atoms with Crippen LogP contribution in [0.3, 0.4) is 0 Å². The van der Waals surface area contributed by atoms with E-state index in [2.05, 4.69) is 19.1 Å². The number of hydrogen-bond acceptors (Lipinski definition) is 3. The minimum absolute atomic E-state index is 0.241. The van der Waals surface area contributed by atoms with Gasteiger partial charge in [0, 0.05) is 14.2 Å². The summed E-state index contributed by atoms with van der Waals surface area (Å²) in [6, 6.07) is 0. The molecule has 0 bridgehead atoms. The molecule has 0 radical (unpaired) electrons. The molecule has 0 aliphatic rings. The van der Waals surface area contributed by atoms with Crippen molar-refractivity contribution in [1.82, 2.24) is 0 Å². The summed E-state index contributed by atoms with van der Waals surface area (Å²) in [6.45, 7) is 3.33. The fraction of sp³-hybridized carbons (Fsp3) is 0.800. The van der Waals surface area contributed by atoms with Gasteiger partial charge in [-0.25, -0.2) is 0 Å². The van der Waals surface area contributed by atoms with Crippen LogP contribution in [0.2, 0.25) is 0 Å². The maximum absolute atomic E-state index is 5.32. The molecule has 0 fully saturated rings. The maximum atomic E-state index is 5.32. The standard InChI is InChI=1S/C10H20O3/c1-4-5-6-7-8-13-9-10(11-2)12-3/h5-6,10H,4,7-9H2,1-3H3. The van der Waals surface area contributed by atoms with Gasteiger partial charge in [0.1, 0.15) is 0 Å². The van der Waals surface area contributed by atoms with Crippen LogP contribution in [0.25, 0.3) is 0 Å². The SMILES string of the molecule is CCC=CCCOCC(OC)OC. The molecule has 0 heterocycles. The molecule has 0 aliphatic heterocycles. The van der Waals surface area contributed by atoms with Crippen LogP contribution in [-0.4, -0.2) is 33.7 Å².